The summed E-state index contributed by atoms with van der Waals surface area (Å²) < 4.78 is 10.1. The molecule has 0 aliphatic carbocycles. The van der Waals surface area contributed by atoms with Crippen molar-refractivity contribution in [2.45, 2.75) is 12.0 Å². The third-order valence-electron chi connectivity index (χ3n) is 2.68. The number of amides is 1. The molecule has 2 N–H and O–H groups in total. The normalized spacial score (nSPS) is 24.4. The molecule has 0 aromatic rings. The second-order valence-electron chi connectivity index (χ2n) is 3.99. The third-order valence-corrected chi connectivity index (χ3v) is 2.68. The van der Waals surface area contributed by atoms with Crippen molar-refractivity contribution in [2.75, 3.05) is 40.0 Å². The number of hydrogen-bond donors (Lipinski definition) is 1. The molecular formula is C11H20N2O3. The highest BCUT2D eigenvalue weighted by Gasteiger charge is 2.40. The van der Waals surface area contributed by atoms with Crippen molar-refractivity contribution < 1.29 is 14.3 Å². The highest BCUT2D eigenvalue weighted by atomic mass is 16.5. The minimum atomic E-state index is -0.864. The molecule has 92 valence electrons. The molecule has 5 heteroatoms. The second-order valence-corrected chi connectivity index (χ2v) is 3.99. The number of rotatable bonds is 6. The Morgan fingerprint density at radius 3 is 3.00 bits per heavy atom. The summed E-state index contributed by atoms with van der Waals surface area (Å²) >= 11 is 0. The van der Waals surface area contributed by atoms with Crippen molar-refractivity contribution in [2.24, 2.45) is 5.73 Å². The Morgan fingerprint density at radius 2 is 2.50 bits per heavy atom. The second kappa shape index (κ2) is 5.98. The molecule has 1 fully saturated rings. The molecule has 1 saturated heterocycles. The fourth-order valence-corrected chi connectivity index (χ4v) is 1.70. The summed E-state index contributed by atoms with van der Waals surface area (Å²) in [5.41, 5.74) is 5.15. The predicted octanol–water partition coefficient (Wildman–Crippen LogP) is -0.235. The van der Waals surface area contributed by atoms with Gasteiger partial charge in [0.2, 0.25) is 5.91 Å². The Hall–Kier alpha value is -0.910. The van der Waals surface area contributed by atoms with E-state index in [2.05, 4.69) is 6.58 Å². The molecule has 1 heterocycles. The summed E-state index contributed by atoms with van der Waals surface area (Å²) in [6.45, 7) is 5.99. The van der Waals surface area contributed by atoms with Crippen LogP contribution in [0.2, 0.25) is 0 Å². The van der Waals surface area contributed by atoms with Crippen LogP contribution in [-0.2, 0) is 14.3 Å². The zero-order chi connectivity index (χ0) is 12.0. The Labute approximate surface area is 96.2 Å². The molecule has 5 nitrogen and oxygen atoms in total. The Morgan fingerprint density at radius 1 is 1.75 bits per heavy atom. The van der Waals surface area contributed by atoms with E-state index >= 15 is 0 Å². The van der Waals surface area contributed by atoms with E-state index in [0.29, 0.717) is 39.3 Å². The number of methoxy groups -OCH3 is 1. The third kappa shape index (κ3) is 3.04. The zero-order valence-electron chi connectivity index (χ0n) is 9.78. The van der Waals surface area contributed by atoms with Gasteiger partial charge in [-0.1, -0.05) is 6.08 Å². The van der Waals surface area contributed by atoms with Crippen molar-refractivity contribution in [3.8, 4) is 0 Å². The molecule has 0 aromatic carbocycles. The fourth-order valence-electron chi connectivity index (χ4n) is 1.70. The SMILES string of the molecule is C=CCN(CCOC)C(=O)C1(N)CCOC1. The lowest BCUT2D eigenvalue weighted by Gasteiger charge is -2.29. The van der Waals surface area contributed by atoms with E-state index in [0.717, 1.165) is 0 Å². The maximum absolute atomic E-state index is 12.2. The molecule has 1 unspecified atom stereocenters. The van der Waals surface area contributed by atoms with Gasteiger partial charge in [0, 0.05) is 26.8 Å². The molecule has 0 bridgehead atoms. The van der Waals surface area contributed by atoms with Gasteiger partial charge >= 0.3 is 0 Å². The van der Waals surface area contributed by atoms with Gasteiger partial charge in [-0.05, 0) is 6.42 Å². The van der Waals surface area contributed by atoms with Crippen LogP contribution in [0.15, 0.2) is 12.7 Å². The van der Waals surface area contributed by atoms with Gasteiger partial charge in [-0.3, -0.25) is 4.79 Å². The molecule has 1 amide bonds. The lowest BCUT2D eigenvalue weighted by molar-refractivity contribution is -0.137. The van der Waals surface area contributed by atoms with E-state index in [4.69, 9.17) is 15.2 Å². The van der Waals surface area contributed by atoms with Crippen LogP contribution in [0.3, 0.4) is 0 Å². The number of hydrogen-bond acceptors (Lipinski definition) is 4. The molecule has 1 atom stereocenters. The minimum Gasteiger partial charge on any atom is -0.383 e. The number of nitrogens with two attached hydrogens (primary N) is 1. The average Bonchev–Trinajstić information content (AvgIpc) is 2.72. The quantitative estimate of drug-likeness (QED) is 0.638. The van der Waals surface area contributed by atoms with Crippen LogP contribution < -0.4 is 5.73 Å². The molecule has 16 heavy (non-hydrogen) atoms. The van der Waals surface area contributed by atoms with Gasteiger partial charge in [0.05, 0.1) is 13.2 Å². The van der Waals surface area contributed by atoms with E-state index in [1.165, 1.54) is 0 Å². The van der Waals surface area contributed by atoms with Gasteiger partial charge in [0.15, 0.2) is 0 Å². The van der Waals surface area contributed by atoms with Gasteiger partial charge in [-0.2, -0.15) is 0 Å². The zero-order valence-corrected chi connectivity index (χ0v) is 9.78. The first-order chi connectivity index (χ1) is 7.64. The van der Waals surface area contributed by atoms with Crippen molar-refractivity contribution >= 4 is 5.91 Å². The van der Waals surface area contributed by atoms with E-state index in [1.54, 1.807) is 18.1 Å². The lowest BCUT2D eigenvalue weighted by Crippen LogP contribution is -2.56. The fraction of sp³-hybridized carbons (Fsp3) is 0.727. The van der Waals surface area contributed by atoms with E-state index in [-0.39, 0.29) is 5.91 Å². The molecule has 0 saturated carbocycles. The first-order valence-electron chi connectivity index (χ1n) is 5.40. The van der Waals surface area contributed by atoms with Gasteiger partial charge in [0.25, 0.3) is 0 Å². The van der Waals surface area contributed by atoms with Crippen molar-refractivity contribution in [1.82, 2.24) is 4.90 Å². The van der Waals surface area contributed by atoms with Crippen LogP contribution in [0.1, 0.15) is 6.42 Å². The van der Waals surface area contributed by atoms with E-state index < -0.39 is 5.54 Å². The topological polar surface area (TPSA) is 64.8 Å². The highest BCUT2D eigenvalue weighted by molar-refractivity contribution is 5.86. The molecular weight excluding hydrogens is 208 g/mol. The van der Waals surface area contributed by atoms with Gasteiger partial charge < -0.3 is 20.1 Å². The van der Waals surface area contributed by atoms with Crippen molar-refractivity contribution in [1.29, 1.82) is 0 Å². The summed E-state index contributed by atoms with van der Waals surface area (Å²) in [6.07, 6.45) is 2.26. The van der Waals surface area contributed by atoms with E-state index in [9.17, 15) is 4.79 Å². The largest absolute Gasteiger partial charge is 0.383 e. The molecule has 1 aliphatic rings. The summed E-state index contributed by atoms with van der Waals surface area (Å²) in [7, 11) is 1.60. The van der Waals surface area contributed by atoms with Crippen LogP contribution in [0, 0.1) is 0 Å². The van der Waals surface area contributed by atoms with Crippen LogP contribution in [-0.4, -0.2) is 56.4 Å². The number of nitrogens with zero attached hydrogens (tertiary/aromatic N) is 1. The van der Waals surface area contributed by atoms with Crippen LogP contribution in [0.4, 0.5) is 0 Å². The molecule has 1 rings (SSSR count). The molecule has 1 aliphatic heterocycles. The molecule has 0 aromatic heterocycles. The molecule has 0 radical (unpaired) electrons. The number of carbonyl (C=O) groups excluding carboxylic acids is 1. The van der Waals surface area contributed by atoms with Crippen molar-refractivity contribution in [3.05, 3.63) is 12.7 Å². The van der Waals surface area contributed by atoms with Crippen LogP contribution in [0.25, 0.3) is 0 Å². The monoisotopic (exact) mass is 228 g/mol. The first-order valence-corrected chi connectivity index (χ1v) is 5.40. The standard InChI is InChI=1S/C11H20N2O3/c1-3-5-13(6-8-15-2)10(14)11(12)4-7-16-9-11/h3H,1,4-9,12H2,2H3. The molecule has 0 spiro atoms. The predicted molar refractivity (Wildman–Crippen MR) is 61.0 cm³/mol. The van der Waals surface area contributed by atoms with Gasteiger partial charge in [-0.25, -0.2) is 0 Å². The van der Waals surface area contributed by atoms with E-state index in [1.807, 2.05) is 0 Å². The Balaban J connectivity index is 2.61. The maximum Gasteiger partial charge on any atom is 0.245 e. The average molecular weight is 228 g/mol. The number of ether oxygens (including phenoxy) is 2. The Kier molecular flexibility index (Phi) is 4.92. The van der Waals surface area contributed by atoms with Gasteiger partial charge in [0.1, 0.15) is 5.54 Å². The lowest BCUT2D eigenvalue weighted by atomic mass is 9.98. The smallest absolute Gasteiger partial charge is 0.245 e. The summed E-state index contributed by atoms with van der Waals surface area (Å²) in [4.78, 5) is 13.8. The van der Waals surface area contributed by atoms with Crippen molar-refractivity contribution in [3.63, 3.8) is 0 Å². The summed E-state index contributed by atoms with van der Waals surface area (Å²) in [5.74, 6) is -0.0815. The number of carbonyl (C=O) groups is 1. The summed E-state index contributed by atoms with van der Waals surface area (Å²) in [5, 5.41) is 0. The Bertz CT molecular complexity index is 250. The maximum atomic E-state index is 12.2. The highest BCUT2D eigenvalue weighted by Crippen LogP contribution is 2.18. The van der Waals surface area contributed by atoms with Crippen LogP contribution >= 0.6 is 0 Å². The van der Waals surface area contributed by atoms with Crippen LogP contribution in [0.5, 0.6) is 0 Å². The first kappa shape index (κ1) is 13.2. The minimum absolute atomic E-state index is 0.0815. The summed E-state index contributed by atoms with van der Waals surface area (Å²) in [6, 6.07) is 0. The van der Waals surface area contributed by atoms with Gasteiger partial charge in [-0.15, -0.1) is 6.58 Å².